The number of anilines is 1. The van der Waals surface area contributed by atoms with E-state index in [2.05, 4.69) is 27.3 Å². The molecule has 1 fully saturated rings. The summed E-state index contributed by atoms with van der Waals surface area (Å²) in [6.45, 7) is 3.41. The van der Waals surface area contributed by atoms with Gasteiger partial charge in [-0.3, -0.25) is 4.79 Å². The number of nitrogens with one attached hydrogen (secondary N) is 1. The summed E-state index contributed by atoms with van der Waals surface area (Å²) in [4.78, 5) is 31.5. The van der Waals surface area contributed by atoms with E-state index in [1.54, 1.807) is 11.3 Å². The Kier molecular flexibility index (Phi) is 8.54. The van der Waals surface area contributed by atoms with E-state index >= 15 is 0 Å². The van der Waals surface area contributed by atoms with Gasteiger partial charge in [0.15, 0.2) is 5.82 Å². The number of hydrogen-bond donors (Lipinski definition) is 1. The lowest BCUT2D eigenvalue weighted by Gasteiger charge is -2.26. The standard InChI is InChI=1S/C34H33N5OS/c40-33(38-29-19-9-8-18-28(29)34-35-24-31(41-34)25-13-4-1-5-14-25)30-23-27(17-12-22-39-20-10-3-11-21-39)36-32(37-30)26-15-6-2-7-16-26/h1-2,4-9,13-16,18-19,23-24H,3,10-12,17,20-22H2,(H,38,40). The third kappa shape index (κ3) is 6.76. The lowest BCUT2D eigenvalue weighted by atomic mass is 10.1. The number of aryl methyl sites for hydroxylation is 1. The molecule has 0 unspecified atom stereocenters. The first-order chi connectivity index (χ1) is 20.2. The lowest BCUT2D eigenvalue weighted by molar-refractivity contribution is 0.102. The van der Waals surface area contributed by atoms with Crippen LogP contribution >= 0.6 is 11.3 Å². The molecule has 0 spiro atoms. The molecule has 0 bridgehead atoms. The van der Waals surface area contributed by atoms with Gasteiger partial charge in [0, 0.05) is 23.0 Å². The van der Waals surface area contributed by atoms with Crippen molar-refractivity contribution in [2.45, 2.75) is 32.1 Å². The highest BCUT2D eigenvalue weighted by molar-refractivity contribution is 7.18. The number of carbonyl (C=O) groups is 1. The topological polar surface area (TPSA) is 71.0 Å². The Morgan fingerprint density at radius 1 is 0.829 bits per heavy atom. The molecule has 5 aromatic rings. The average Bonchev–Trinajstić information content (AvgIpc) is 3.53. The molecule has 0 atom stereocenters. The molecule has 2 aromatic heterocycles. The van der Waals surface area contributed by atoms with Crippen LogP contribution in [0.3, 0.4) is 0 Å². The quantitative estimate of drug-likeness (QED) is 0.201. The average molecular weight is 560 g/mol. The van der Waals surface area contributed by atoms with Gasteiger partial charge in [-0.15, -0.1) is 11.3 Å². The van der Waals surface area contributed by atoms with Gasteiger partial charge in [-0.05, 0) is 69.1 Å². The Labute approximate surface area is 245 Å². The summed E-state index contributed by atoms with van der Waals surface area (Å²) in [6, 6.07) is 29.7. The maximum absolute atomic E-state index is 13.7. The van der Waals surface area contributed by atoms with Crippen molar-refractivity contribution >= 4 is 22.9 Å². The van der Waals surface area contributed by atoms with E-state index in [1.807, 2.05) is 85.1 Å². The molecule has 1 aliphatic heterocycles. The summed E-state index contributed by atoms with van der Waals surface area (Å²) in [5.41, 5.74) is 4.87. The summed E-state index contributed by atoms with van der Waals surface area (Å²) in [7, 11) is 0. The van der Waals surface area contributed by atoms with Gasteiger partial charge in [0.25, 0.3) is 5.91 Å². The number of thiazole rings is 1. The number of para-hydroxylation sites is 1. The Morgan fingerprint density at radius 2 is 1.54 bits per heavy atom. The zero-order valence-corrected chi connectivity index (χ0v) is 23.8. The van der Waals surface area contributed by atoms with E-state index in [9.17, 15) is 4.79 Å². The molecule has 3 aromatic carbocycles. The second-order valence-electron chi connectivity index (χ2n) is 10.3. The summed E-state index contributed by atoms with van der Waals surface area (Å²) < 4.78 is 0. The number of piperidine rings is 1. The summed E-state index contributed by atoms with van der Waals surface area (Å²) in [5.74, 6) is 0.320. The fourth-order valence-electron chi connectivity index (χ4n) is 5.22. The normalized spacial score (nSPS) is 13.7. The van der Waals surface area contributed by atoms with Crippen LogP contribution in [0, 0.1) is 0 Å². The van der Waals surface area contributed by atoms with Crippen molar-refractivity contribution in [1.82, 2.24) is 19.9 Å². The first kappa shape index (κ1) is 27.0. The number of aromatic nitrogens is 3. The fraction of sp³-hybridized carbons (Fsp3) is 0.235. The van der Waals surface area contributed by atoms with Gasteiger partial charge in [0.05, 0.1) is 10.6 Å². The predicted molar refractivity (Wildman–Crippen MR) is 167 cm³/mol. The highest BCUT2D eigenvalue weighted by Crippen LogP contribution is 2.35. The van der Waals surface area contributed by atoms with Crippen molar-refractivity contribution in [3.63, 3.8) is 0 Å². The molecule has 41 heavy (non-hydrogen) atoms. The number of carbonyl (C=O) groups excluding carboxylic acids is 1. The zero-order chi connectivity index (χ0) is 27.9. The smallest absolute Gasteiger partial charge is 0.274 e. The van der Waals surface area contributed by atoms with Gasteiger partial charge in [-0.1, -0.05) is 79.2 Å². The van der Waals surface area contributed by atoms with Gasteiger partial charge in [-0.25, -0.2) is 15.0 Å². The van der Waals surface area contributed by atoms with E-state index in [0.29, 0.717) is 17.2 Å². The van der Waals surface area contributed by atoms with E-state index < -0.39 is 0 Å². The highest BCUT2D eigenvalue weighted by atomic mass is 32.1. The maximum Gasteiger partial charge on any atom is 0.274 e. The molecule has 7 heteroatoms. The molecule has 6 rings (SSSR count). The first-order valence-electron chi connectivity index (χ1n) is 14.3. The molecule has 1 N–H and O–H groups in total. The molecule has 1 amide bonds. The van der Waals surface area contributed by atoms with Crippen LogP contribution in [-0.4, -0.2) is 45.4 Å². The molecule has 206 valence electrons. The first-order valence-corrected chi connectivity index (χ1v) is 15.1. The largest absolute Gasteiger partial charge is 0.320 e. The predicted octanol–water partition coefficient (Wildman–Crippen LogP) is 7.60. The minimum absolute atomic E-state index is 0.255. The minimum atomic E-state index is -0.255. The third-order valence-corrected chi connectivity index (χ3v) is 8.45. The molecular formula is C34H33N5OS. The molecule has 1 aliphatic rings. The molecule has 6 nitrogen and oxygen atoms in total. The van der Waals surface area contributed by atoms with Crippen LogP contribution in [0.2, 0.25) is 0 Å². The van der Waals surface area contributed by atoms with E-state index in [4.69, 9.17) is 9.97 Å². The third-order valence-electron chi connectivity index (χ3n) is 7.37. The van der Waals surface area contributed by atoms with Crippen LogP contribution in [0.1, 0.15) is 41.9 Å². The Balaban J connectivity index is 1.24. The van der Waals surface area contributed by atoms with Crippen molar-refractivity contribution in [2.24, 2.45) is 0 Å². The highest BCUT2D eigenvalue weighted by Gasteiger charge is 2.17. The number of likely N-dealkylation sites (tertiary alicyclic amines) is 1. The van der Waals surface area contributed by atoms with Crippen LogP contribution in [0.4, 0.5) is 5.69 Å². The molecule has 0 aliphatic carbocycles. The van der Waals surface area contributed by atoms with Gasteiger partial charge in [-0.2, -0.15) is 0 Å². The SMILES string of the molecule is O=C(Nc1ccccc1-c1ncc(-c2ccccc2)s1)c1cc(CCCN2CCCCC2)nc(-c2ccccc2)n1. The second kappa shape index (κ2) is 13.0. The second-order valence-corrected chi connectivity index (χ2v) is 11.4. The Bertz CT molecular complexity index is 1600. The van der Waals surface area contributed by atoms with Crippen molar-refractivity contribution in [1.29, 1.82) is 0 Å². The van der Waals surface area contributed by atoms with Crippen LogP contribution in [-0.2, 0) is 6.42 Å². The number of benzene rings is 3. The van der Waals surface area contributed by atoms with Crippen LogP contribution < -0.4 is 5.32 Å². The van der Waals surface area contributed by atoms with Crippen LogP contribution in [0.15, 0.2) is 97.2 Å². The van der Waals surface area contributed by atoms with Crippen molar-refractivity contribution in [2.75, 3.05) is 25.0 Å². The number of hydrogen-bond acceptors (Lipinski definition) is 6. The molecule has 0 saturated carbocycles. The van der Waals surface area contributed by atoms with E-state index in [-0.39, 0.29) is 5.91 Å². The Morgan fingerprint density at radius 3 is 2.32 bits per heavy atom. The van der Waals surface area contributed by atoms with Crippen molar-refractivity contribution in [3.8, 4) is 32.4 Å². The van der Waals surface area contributed by atoms with Crippen LogP contribution in [0.5, 0.6) is 0 Å². The molecular weight excluding hydrogens is 526 g/mol. The number of rotatable bonds is 9. The zero-order valence-electron chi connectivity index (χ0n) is 23.0. The number of nitrogens with zero attached hydrogens (tertiary/aromatic N) is 4. The summed E-state index contributed by atoms with van der Waals surface area (Å²) in [6.07, 6.45) is 7.60. The fourth-order valence-corrected chi connectivity index (χ4v) is 6.19. The summed E-state index contributed by atoms with van der Waals surface area (Å²) >= 11 is 1.61. The summed E-state index contributed by atoms with van der Waals surface area (Å²) in [5, 5.41) is 3.97. The Hall–Kier alpha value is -4.20. The van der Waals surface area contributed by atoms with Gasteiger partial charge in [0.1, 0.15) is 10.7 Å². The van der Waals surface area contributed by atoms with Gasteiger partial charge >= 0.3 is 0 Å². The van der Waals surface area contributed by atoms with E-state index in [0.717, 1.165) is 51.7 Å². The molecule has 0 radical (unpaired) electrons. The van der Waals surface area contributed by atoms with Gasteiger partial charge < -0.3 is 10.2 Å². The van der Waals surface area contributed by atoms with Crippen molar-refractivity contribution < 1.29 is 4.79 Å². The lowest BCUT2D eigenvalue weighted by Crippen LogP contribution is -2.30. The van der Waals surface area contributed by atoms with Crippen molar-refractivity contribution in [3.05, 3.63) is 109 Å². The maximum atomic E-state index is 13.7. The monoisotopic (exact) mass is 559 g/mol. The number of amides is 1. The molecule has 1 saturated heterocycles. The van der Waals surface area contributed by atoms with E-state index in [1.165, 1.54) is 32.4 Å². The van der Waals surface area contributed by atoms with Gasteiger partial charge in [0.2, 0.25) is 0 Å². The minimum Gasteiger partial charge on any atom is -0.320 e. The van der Waals surface area contributed by atoms with Crippen LogP contribution in [0.25, 0.3) is 32.4 Å². The molecule has 3 heterocycles.